The molecule has 0 radical (unpaired) electrons. The Hall–Kier alpha value is -2.58. The zero-order chi connectivity index (χ0) is 30.6. The highest BCUT2D eigenvalue weighted by Crippen LogP contribution is 2.52. The Balaban J connectivity index is 2.26. The average Bonchev–Trinajstić information content (AvgIpc) is 2.76. The van der Waals surface area contributed by atoms with Gasteiger partial charge in [-0.2, -0.15) is 0 Å². The summed E-state index contributed by atoms with van der Waals surface area (Å²) in [5, 5.41) is 20.8. The summed E-state index contributed by atoms with van der Waals surface area (Å²) < 4.78 is 0. The Labute approximate surface area is 239 Å². The monoisotopic (exact) mass is 556 g/mol. The smallest absolute Gasteiger partial charge is 0.335 e. The van der Waals surface area contributed by atoms with E-state index in [9.17, 15) is 29.4 Å². The van der Waals surface area contributed by atoms with Crippen molar-refractivity contribution in [3.63, 3.8) is 0 Å². The summed E-state index contributed by atoms with van der Waals surface area (Å²) in [5.74, 6) is -2.42. The molecule has 2 aliphatic heterocycles. The first-order valence-corrected chi connectivity index (χ1v) is 14.3. The van der Waals surface area contributed by atoms with Crippen molar-refractivity contribution in [2.24, 2.45) is 0 Å². The number of aromatic carboxylic acids is 2. The molecule has 2 heterocycles. The third kappa shape index (κ3) is 6.18. The number of carbonyl (C=O) groups excluding carboxylic acids is 2. The molecule has 0 aromatic heterocycles. The number of nitrogens with zero attached hydrogens (tertiary/aromatic N) is 2. The zero-order valence-corrected chi connectivity index (χ0v) is 26.0. The van der Waals surface area contributed by atoms with Crippen LogP contribution >= 0.6 is 0 Å². The summed E-state index contributed by atoms with van der Waals surface area (Å²) in [5.41, 5.74) is -0.153. The first kappa shape index (κ1) is 31.9. The largest absolute Gasteiger partial charge is 0.478 e. The molecule has 0 spiro atoms. The van der Waals surface area contributed by atoms with Gasteiger partial charge in [0, 0.05) is 22.2 Å². The number of likely N-dealkylation sites (tertiary alicyclic amines) is 2. The second kappa shape index (κ2) is 10.7. The normalized spacial score (nSPS) is 23.1. The maximum absolute atomic E-state index is 12.7. The van der Waals surface area contributed by atoms with Crippen LogP contribution < -0.4 is 0 Å². The maximum Gasteiger partial charge on any atom is 0.335 e. The molecule has 0 atom stereocenters. The highest BCUT2D eigenvalue weighted by Gasteiger charge is 2.50. The quantitative estimate of drug-likeness (QED) is 0.417. The predicted octanol–water partition coefficient (Wildman–Crippen LogP) is 5.73. The molecular weight excluding hydrogens is 508 g/mol. The number of piperidine rings is 2. The van der Waals surface area contributed by atoms with Gasteiger partial charge in [-0.25, -0.2) is 9.59 Å². The molecule has 8 nitrogen and oxygen atoms in total. The van der Waals surface area contributed by atoms with Gasteiger partial charge in [-0.1, -0.05) is 0 Å². The molecule has 0 bridgehead atoms. The number of carbonyl (C=O) groups is 4. The Kier molecular flexibility index (Phi) is 8.53. The van der Waals surface area contributed by atoms with Crippen LogP contribution in [0.25, 0.3) is 0 Å². The second-order valence-corrected chi connectivity index (χ2v) is 14.6. The van der Waals surface area contributed by atoms with Gasteiger partial charge in [0.05, 0.1) is 24.2 Å². The number of ketones is 2. The predicted molar refractivity (Wildman–Crippen MR) is 155 cm³/mol. The van der Waals surface area contributed by atoms with Crippen LogP contribution in [0.2, 0.25) is 0 Å². The number of carboxylic acids is 2. The van der Waals surface area contributed by atoms with Gasteiger partial charge in [0.2, 0.25) is 0 Å². The molecule has 0 amide bonds. The number of benzene rings is 1. The topological polar surface area (TPSA) is 115 Å². The Morgan fingerprint density at radius 3 is 1.07 bits per heavy atom. The lowest BCUT2D eigenvalue weighted by atomic mass is 9.64. The maximum atomic E-state index is 12.7. The van der Waals surface area contributed by atoms with Crippen molar-refractivity contribution in [2.45, 2.75) is 129 Å². The van der Waals surface area contributed by atoms with Gasteiger partial charge in [-0.05, 0) is 130 Å². The second-order valence-electron chi connectivity index (χ2n) is 14.6. The molecule has 1 aromatic rings. The summed E-state index contributed by atoms with van der Waals surface area (Å²) in [6, 6.07) is 2.90. The van der Waals surface area contributed by atoms with Crippen LogP contribution in [0.3, 0.4) is 0 Å². The lowest BCUT2D eigenvalue weighted by Gasteiger charge is -2.57. The minimum Gasteiger partial charge on any atom is -0.478 e. The van der Waals surface area contributed by atoms with E-state index in [0.717, 1.165) is 0 Å². The van der Waals surface area contributed by atoms with Gasteiger partial charge in [-0.15, -0.1) is 0 Å². The van der Waals surface area contributed by atoms with Gasteiger partial charge in [-0.3, -0.25) is 19.4 Å². The van der Waals surface area contributed by atoms with Crippen molar-refractivity contribution in [3.05, 3.63) is 34.4 Å². The average molecular weight is 557 g/mol. The van der Waals surface area contributed by atoms with E-state index in [1.807, 2.05) is 0 Å². The Morgan fingerprint density at radius 1 is 0.625 bits per heavy atom. The van der Waals surface area contributed by atoms with E-state index < -0.39 is 34.1 Å². The SMILES string of the molecule is CC(=O)CN1C(C)(C)CC(c2c(C(=O)O)ccc(C(=O)O)c2C2CC(C)(C)N(CC(C)=O)C(C)(C)C2)CC1(C)C. The van der Waals surface area contributed by atoms with Crippen molar-refractivity contribution in [1.29, 1.82) is 0 Å². The molecule has 222 valence electrons. The van der Waals surface area contributed by atoms with Gasteiger partial charge in [0.1, 0.15) is 11.6 Å². The first-order valence-electron chi connectivity index (χ1n) is 14.3. The third-order valence-corrected chi connectivity index (χ3v) is 9.23. The number of hydrogen-bond donors (Lipinski definition) is 2. The minimum atomic E-state index is -1.07. The molecule has 2 fully saturated rings. The van der Waals surface area contributed by atoms with Crippen LogP contribution in [0, 0.1) is 0 Å². The summed E-state index contributed by atoms with van der Waals surface area (Å²) in [4.78, 5) is 54.1. The summed E-state index contributed by atoms with van der Waals surface area (Å²) in [6.45, 7) is 20.4. The van der Waals surface area contributed by atoms with Gasteiger partial charge in [0.25, 0.3) is 0 Å². The van der Waals surface area contributed by atoms with Crippen LogP contribution in [0.4, 0.5) is 0 Å². The molecular formula is C32H48N2O6. The van der Waals surface area contributed by atoms with Crippen molar-refractivity contribution in [1.82, 2.24) is 9.80 Å². The van der Waals surface area contributed by atoms with E-state index in [4.69, 9.17) is 0 Å². The molecule has 40 heavy (non-hydrogen) atoms. The summed E-state index contributed by atoms with van der Waals surface area (Å²) in [7, 11) is 0. The number of carboxylic acid groups (broad SMARTS) is 2. The number of rotatable bonds is 8. The molecule has 2 saturated heterocycles. The van der Waals surface area contributed by atoms with Crippen LogP contribution in [0.5, 0.6) is 0 Å². The fraction of sp³-hybridized carbons (Fsp3) is 0.688. The molecule has 0 unspecified atom stereocenters. The minimum absolute atomic E-state index is 0.0705. The lowest BCUT2D eigenvalue weighted by Crippen LogP contribution is -2.62. The highest BCUT2D eigenvalue weighted by molar-refractivity contribution is 5.95. The zero-order valence-electron chi connectivity index (χ0n) is 26.0. The highest BCUT2D eigenvalue weighted by atomic mass is 16.4. The van der Waals surface area contributed by atoms with Gasteiger partial charge in [0.15, 0.2) is 0 Å². The third-order valence-electron chi connectivity index (χ3n) is 9.23. The Bertz CT molecular complexity index is 1080. The fourth-order valence-corrected chi connectivity index (χ4v) is 8.23. The summed E-state index contributed by atoms with van der Waals surface area (Å²) >= 11 is 0. The molecule has 3 rings (SSSR count). The van der Waals surface area contributed by atoms with E-state index in [0.29, 0.717) is 49.9 Å². The van der Waals surface area contributed by atoms with E-state index in [1.54, 1.807) is 13.8 Å². The molecule has 1 aromatic carbocycles. The van der Waals surface area contributed by atoms with E-state index in [-0.39, 0.29) is 34.5 Å². The van der Waals surface area contributed by atoms with Crippen molar-refractivity contribution in [3.8, 4) is 0 Å². The lowest BCUT2D eigenvalue weighted by molar-refractivity contribution is -0.125. The van der Waals surface area contributed by atoms with Gasteiger partial charge < -0.3 is 10.2 Å². The van der Waals surface area contributed by atoms with Gasteiger partial charge >= 0.3 is 11.9 Å². The fourth-order valence-electron chi connectivity index (χ4n) is 8.23. The van der Waals surface area contributed by atoms with E-state index in [1.165, 1.54) is 12.1 Å². The molecule has 0 saturated carbocycles. The van der Waals surface area contributed by atoms with Crippen LogP contribution in [0.15, 0.2) is 12.1 Å². The molecule has 2 aliphatic rings. The van der Waals surface area contributed by atoms with Crippen molar-refractivity contribution in [2.75, 3.05) is 13.1 Å². The van der Waals surface area contributed by atoms with E-state index in [2.05, 4.69) is 65.2 Å². The first-order chi connectivity index (χ1) is 18.1. The molecule has 2 N–H and O–H groups in total. The summed E-state index contributed by atoms with van der Waals surface area (Å²) in [6.07, 6.45) is 2.37. The van der Waals surface area contributed by atoms with E-state index >= 15 is 0 Å². The van der Waals surface area contributed by atoms with Crippen LogP contribution in [0.1, 0.15) is 139 Å². The molecule has 8 heteroatoms. The molecule has 0 aliphatic carbocycles. The van der Waals surface area contributed by atoms with Crippen molar-refractivity contribution >= 4 is 23.5 Å². The number of hydrogen-bond acceptors (Lipinski definition) is 6. The Morgan fingerprint density at radius 2 is 0.875 bits per heavy atom. The van der Waals surface area contributed by atoms with Crippen LogP contribution in [-0.4, -0.2) is 78.8 Å². The number of Topliss-reactive ketones (excluding diaryl/α,β-unsaturated/α-hetero) is 2. The van der Waals surface area contributed by atoms with Crippen LogP contribution in [-0.2, 0) is 9.59 Å². The van der Waals surface area contributed by atoms with Crippen molar-refractivity contribution < 1.29 is 29.4 Å². The standard InChI is InChI=1S/C32H48N2O6/c1-19(35)17-33-29(3,4)13-21(14-30(33,5)6)25-23(27(37)38)11-12-24(28(39)40)26(25)22-15-31(7,8)34(18-20(2)36)32(9,10)16-22/h11-12,21-22H,13-18H2,1-10H3,(H,37,38)(H,39,40).